The molecule has 1 aliphatic heterocycles. The first kappa shape index (κ1) is 20.5. The average molecular weight is 374 g/mol. The van der Waals surface area contributed by atoms with E-state index in [0.29, 0.717) is 18.6 Å². The summed E-state index contributed by atoms with van der Waals surface area (Å²) in [7, 11) is 1.89. The van der Waals surface area contributed by atoms with Crippen LogP contribution in [0.5, 0.6) is 0 Å². The van der Waals surface area contributed by atoms with Crippen LogP contribution in [0.1, 0.15) is 44.9 Å². The first-order chi connectivity index (χ1) is 11.5. The van der Waals surface area contributed by atoms with Gasteiger partial charge in [-0.1, -0.05) is 0 Å². The van der Waals surface area contributed by atoms with Crippen LogP contribution in [0.15, 0.2) is 0 Å². The molecule has 0 aromatic carbocycles. The summed E-state index contributed by atoms with van der Waals surface area (Å²) in [5, 5.41) is 12.2. The van der Waals surface area contributed by atoms with Gasteiger partial charge in [-0.15, -0.1) is 12.4 Å². The Balaban J connectivity index is 0.00000225. The topological polar surface area (TPSA) is 72.9 Å². The molecule has 2 N–H and O–H groups in total. The van der Waals surface area contributed by atoms with E-state index in [0.717, 1.165) is 44.2 Å². The van der Waals surface area contributed by atoms with E-state index in [4.69, 9.17) is 5.11 Å². The second-order valence-electron chi connectivity index (χ2n) is 7.94. The third-order valence-electron chi connectivity index (χ3n) is 5.75. The number of carbonyl (C=O) groups is 2. The van der Waals surface area contributed by atoms with Crippen molar-refractivity contribution in [3.05, 3.63) is 0 Å². The highest BCUT2D eigenvalue weighted by Gasteiger charge is 2.42. The molecule has 0 aromatic rings. The van der Waals surface area contributed by atoms with Crippen molar-refractivity contribution in [1.29, 1.82) is 0 Å². The Morgan fingerprint density at radius 3 is 2.32 bits per heavy atom. The predicted molar refractivity (Wildman–Crippen MR) is 99.0 cm³/mol. The van der Waals surface area contributed by atoms with Gasteiger partial charge in [0.25, 0.3) is 0 Å². The van der Waals surface area contributed by atoms with Gasteiger partial charge >= 0.3 is 5.97 Å². The lowest BCUT2D eigenvalue weighted by Crippen LogP contribution is -2.44. The Labute approximate surface area is 156 Å². The van der Waals surface area contributed by atoms with Crippen LogP contribution in [0, 0.1) is 11.8 Å². The van der Waals surface area contributed by atoms with E-state index in [-0.39, 0.29) is 24.9 Å². The maximum absolute atomic E-state index is 12.4. The van der Waals surface area contributed by atoms with Crippen molar-refractivity contribution in [2.75, 3.05) is 33.2 Å². The van der Waals surface area contributed by atoms with Crippen LogP contribution in [-0.4, -0.2) is 72.1 Å². The van der Waals surface area contributed by atoms with Gasteiger partial charge in [0.2, 0.25) is 5.91 Å². The lowest BCUT2D eigenvalue weighted by molar-refractivity contribution is -0.138. The lowest BCUT2D eigenvalue weighted by Gasteiger charge is -2.26. The van der Waals surface area contributed by atoms with Crippen LogP contribution >= 0.6 is 12.4 Å². The second kappa shape index (κ2) is 9.19. The van der Waals surface area contributed by atoms with Gasteiger partial charge in [-0.2, -0.15) is 0 Å². The maximum Gasteiger partial charge on any atom is 0.317 e. The number of carboxylic acid groups (broad SMARTS) is 1. The summed E-state index contributed by atoms with van der Waals surface area (Å²) in [4.78, 5) is 27.5. The normalized spacial score (nSPS) is 24.7. The fourth-order valence-electron chi connectivity index (χ4n) is 4.05. The van der Waals surface area contributed by atoms with E-state index >= 15 is 0 Å². The number of hydrogen-bond acceptors (Lipinski definition) is 4. The standard InChI is InChI=1S/C18H31N3O3.ClH/c1-20(12-17(23)24)15-3-2-9-21(10-8-15)11-16(22)19-18(13-4-5-13)14-6-7-14;/h13-15,18H,2-12H2,1H3,(H,19,22)(H,23,24);1H. The molecule has 2 aliphatic carbocycles. The van der Waals surface area contributed by atoms with Crippen LogP contribution in [0.2, 0.25) is 0 Å². The van der Waals surface area contributed by atoms with E-state index in [1.807, 2.05) is 11.9 Å². The van der Waals surface area contributed by atoms with E-state index in [1.54, 1.807) is 0 Å². The third kappa shape index (κ3) is 6.42. The maximum atomic E-state index is 12.4. The fourth-order valence-corrected chi connectivity index (χ4v) is 4.05. The first-order valence-electron chi connectivity index (χ1n) is 9.46. The van der Waals surface area contributed by atoms with Crippen molar-refractivity contribution in [1.82, 2.24) is 15.1 Å². The molecule has 6 nitrogen and oxygen atoms in total. The first-order valence-corrected chi connectivity index (χ1v) is 9.46. The van der Waals surface area contributed by atoms with Crippen LogP contribution in [0.4, 0.5) is 0 Å². The SMILES string of the molecule is CN(CC(=O)O)C1CCCN(CC(=O)NC(C2CC2)C2CC2)CC1.Cl. The number of carbonyl (C=O) groups excluding carboxylic acids is 1. The number of rotatable bonds is 8. The van der Waals surface area contributed by atoms with Crippen molar-refractivity contribution in [3.63, 3.8) is 0 Å². The highest BCUT2D eigenvalue weighted by molar-refractivity contribution is 5.85. The molecule has 2 saturated carbocycles. The highest BCUT2D eigenvalue weighted by Crippen LogP contribution is 2.44. The third-order valence-corrected chi connectivity index (χ3v) is 5.75. The lowest BCUT2D eigenvalue weighted by atomic mass is 10.1. The number of nitrogens with zero attached hydrogens (tertiary/aromatic N) is 2. The molecule has 144 valence electrons. The smallest absolute Gasteiger partial charge is 0.317 e. The molecule has 1 unspecified atom stereocenters. The molecule has 1 saturated heterocycles. The Morgan fingerprint density at radius 1 is 1.12 bits per heavy atom. The Kier molecular flexibility index (Phi) is 7.52. The summed E-state index contributed by atoms with van der Waals surface area (Å²) in [6.45, 7) is 2.39. The summed E-state index contributed by atoms with van der Waals surface area (Å²) in [5.74, 6) is 0.875. The molecule has 0 spiro atoms. The van der Waals surface area contributed by atoms with Crippen molar-refractivity contribution >= 4 is 24.3 Å². The van der Waals surface area contributed by atoms with Crippen LogP contribution in [0.3, 0.4) is 0 Å². The monoisotopic (exact) mass is 373 g/mol. The molecule has 0 radical (unpaired) electrons. The van der Waals surface area contributed by atoms with Gasteiger partial charge in [0.15, 0.2) is 0 Å². The number of hydrogen-bond donors (Lipinski definition) is 2. The molecule has 1 heterocycles. The number of likely N-dealkylation sites (N-methyl/N-ethyl adjacent to an activating group) is 1. The predicted octanol–water partition coefficient (Wildman–Crippen LogP) is 1.58. The zero-order valence-electron chi connectivity index (χ0n) is 15.2. The van der Waals surface area contributed by atoms with Gasteiger partial charge in [0, 0.05) is 18.6 Å². The number of aliphatic carboxylic acids is 1. The molecule has 3 rings (SSSR count). The fraction of sp³-hybridized carbons (Fsp3) is 0.889. The number of likely N-dealkylation sites (tertiary alicyclic amines) is 1. The van der Waals surface area contributed by atoms with Crippen molar-refractivity contribution < 1.29 is 14.7 Å². The largest absolute Gasteiger partial charge is 0.480 e. The molecule has 1 atom stereocenters. The number of halogens is 1. The highest BCUT2D eigenvalue weighted by atomic mass is 35.5. The number of carboxylic acids is 1. The van der Waals surface area contributed by atoms with E-state index in [2.05, 4.69) is 10.2 Å². The van der Waals surface area contributed by atoms with E-state index in [1.165, 1.54) is 25.7 Å². The van der Waals surface area contributed by atoms with Crippen LogP contribution in [-0.2, 0) is 9.59 Å². The van der Waals surface area contributed by atoms with Crippen molar-refractivity contribution in [2.45, 2.75) is 57.0 Å². The molecular weight excluding hydrogens is 342 g/mol. The Morgan fingerprint density at radius 2 is 1.76 bits per heavy atom. The molecule has 25 heavy (non-hydrogen) atoms. The van der Waals surface area contributed by atoms with Gasteiger partial charge in [0.05, 0.1) is 13.1 Å². The van der Waals surface area contributed by atoms with Gasteiger partial charge in [-0.25, -0.2) is 0 Å². The number of nitrogens with one attached hydrogen (secondary N) is 1. The van der Waals surface area contributed by atoms with Crippen molar-refractivity contribution in [3.8, 4) is 0 Å². The second-order valence-corrected chi connectivity index (χ2v) is 7.94. The minimum atomic E-state index is -0.774. The molecule has 1 amide bonds. The molecule has 0 aromatic heterocycles. The summed E-state index contributed by atoms with van der Waals surface area (Å²) >= 11 is 0. The minimum Gasteiger partial charge on any atom is -0.480 e. The molecular formula is C18H32ClN3O3. The summed E-state index contributed by atoms with van der Waals surface area (Å²) in [5.41, 5.74) is 0. The number of amides is 1. The van der Waals surface area contributed by atoms with Crippen LogP contribution in [0.25, 0.3) is 0 Å². The van der Waals surface area contributed by atoms with Crippen LogP contribution < -0.4 is 5.32 Å². The molecule has 3 aliphatic rings. The van der Waals surface area contributed by atoms with Gasteiger partial charge < -0.3 is 10.4 Å². The van der Waals surface area contributed by atoms with Gasteiger partial charge in [0.1, 0.15) is 0 Å². The van der Waals surface area contributed by atoms with E-state index < -0.39 is 5.97 Å². The zero-order chi connectivity index (χ0) is 17.1. The Hall–Kier alpha value is -0.850. The quantitative estimate of drug-likeness (QED) is 0.676. The Bertz CT molecular complexity index is 456. The summed E-state index contributed by atoms with van der Waals surface area (Å²) in [6.07, 6.45) is 8.09. The molecule has 3 fully saturated rings. The summed E-state index contributed by atoms with van der Waals surface area (Å²) < 4.78 is 0. The molecule has 7 heteroatoms. The zero-order valence-corrected chi connectivity index (χ0v) is 16.0. The van der Waals surface area contributed by atoms with Gasteiger partial charge in [-0.3, -0.25) is 19.4 Å². The van der Waals surface area contributed by atoms with Crippen molar-refractivity contribution in [2.24, 2.45) is 11.8 Å². The summed E-state index contributed by atoms with van der Waals surface area (Å²) in [6, 6.07) is 0.735. The minimum absolute atomic E-state index is 0. The molecule has 0 bridgehead atoms. The van der Waals surface area contributed by atoms with Gasteiger partial charge in [-0.05, 0) is 70.4 Å². The average Bonchev–Trinajstić information content (AvgIpc) is 3.40. The van der Waals surface area contributed by atoms with E-state index in [9.17, 15) is 9.59 Å².